The van der Waals surface area contributed by atoms with Gasteiger partial charge in [-0.25, -0.2) is 0 Å². The van der Waals surface area contributed by atoms with Crippen molar-refractivity contribution in [2.75, 3.05) is 19.8 Å². The molecule has 1 atom stereocenters. The van der Waals surface area contributed by atoms with Crippen LogP contribution in [0, 0.1) is 11.3 Å². The van der Waals surface area contributed by atoms with Gasteiger partial charge in [0.1, 0.15) is 0 Å². The second kappa shape index (κ2) is 4.17. The molecule has 82 valence electrons. The average Bonchev–Trinajstić information content (AvgIpc) is 3.07. The van der Waals surface area contributed by atoms with Crippen molar-refractivity contribution in [2.24, 2.45) is 11.3 Å². The van der Waals surface area contributed by atoms with Crippen molar-refractivity contribution in [2.45, 2.75) is 38.2 Å². The third kappa shape index (κ3) is 1.69. The molecule has 3 heteroatoms. The molecule has 1 saturated heterocycles. The summed E-state index contributed by atoms with van der Waals surface area (Å²) in [4.78, 5) is 0. The smallest absolute Gasteiger partial charge is 0.0912 e. The van der Waals surface area contributed by atoms with Gasteiger partial charge >= 0.3 is 0 Å². The van der Waals surface area contributed by atoms with E-state index in [9.17, 15) is 10.2 Å². The molecule has 2 fully saturated rings. The Morgan fingerprint density at radius 2 is 1.64 bits per heavy atom. The van der Waals surface area contributed by atoms with Crippen molar-refractivity contribution in [1.82, 2.24) is 0 Å². The van der Waals surface area contributed by atoms with E-state index in [4.69, 9.17) is 4.74 Å². The third-order valence-corrected chi connectivity index (χ3v) is 3.98. The molecule has 0 aromatic rings. The molecule has 0 aromatic carbocycles. The number of ether oxygens (including phenoxy) is 1. The SMILES string of the molecule is OCC(CO)(C1CCCCC1)C1CO1. The second-order valence-corrected chi connectivity index (χ2v) is 4.71. The van der Waals surface area contributed by atoms with Gasteiger partial charge in [-0.3, -0.25) is 0 Å². The van der Waals surface area contributed by atoms with Crippen molar-refractivity contribution >= 4 is 0 Å². The van der Waals surface area contributed by atoms with Gasteiger partial charge in [0, 0.05) is 5.41 Å². The van der Waals surface area contributed by atoms with E-state index in [1.165, 1.54) is 19.3 Å². The summed E-state index contributed by atoms with van der Waals surface area (Å²) in [6, 6.07) is 0. The molecule has 14 heavy (non-hydrogen) atoms. The largest absolute Gasteiger partial charge is 0.396 e. The summed E-state index contributed by atoms with van der Waals surface area (Å²) in [5, 5.41) is 19.0. The molecule has 1 aliphatic heterocycles. The summed E-state index contributed by atoms with van der Waals surface area (Å²) in [6.45, 7) is 0.856. The summed E-state index contributed by atoms with van der Waals surface area (Å²) >= 11 is 0. The summed E-state index contributed by atoms with van der Waals surface area (Å²) in [5.74, 6) is 0.457. The van der Waals surface area contributed by atoms with E-state index >= 15 is 0 Å². The average molecular weight is 200 g/mol. The minimum Gasteiger partial charge on any atom is -0.396 e. The van der Waals surface area contributed by atoms with E-state index in [-0.39, 0.29) is 24.7 Å². The van der Waals surface area contributed by atoms with Gasteiger partial charge < -0.3 is 14.9 Å². The fourth-order valence-corrected chi connectivity index (χ4v) is 2.83. The van der Waals surface area contributed by atoms with Gasteiger partial charge in [-0.1, -0.05) is 19.3 Å². The van der Waals surface area contributed by atoms with Gasteiger partial charge in [-0.2, -0.15) is 0 Å². The fraction of sp³-hybridized carbons (Fsp3) is 1.00. The first kappa shape index (κ1) is 10.4. The molecule has 3 nitrogen and oxygen atoms in total. The maximum atomic E-state index is 9.50. The number of hydrogen-bond acceptors (Lipinski definition) is 3. The first-order valence-electron chi connectivity index (χ1n) is 5.67. The summed E-state index contributed by atoms with van der Waals surface area (Å²) in [7, 11) is 0. The van der Waals surface area contributed by atoms with Crippen molar-refractivity contribution in [3.05, 3.63) is 0 Å². The van der Waals surface area contributed by atoms with Crippen molar-refractivity contribution in [3.63, 3.8) is 0 Å². The number of aliphatic hydroxyl groups excluding tert-OH is 2. The maximum Gasteiger partial charge on any atom is 0.0912 e. The van der Waals surface area contributed by atoms with Crippen LogP contribution in [0.2, 0.25) is 0 Å². The fourth-order valence-electron chi connectivity index (χ4n) is 2.83. The lowest BCUT2D eigenvalue weighted by Crippen LogP contribution is -2.44. The summed E-state index contributed by atoms with van der Waals surface area (Å²) in [5.41, 5.74) is -0.347. The highest BCUT2D eigenvalue weighted by atomic mass is 16.6. The van der Waals surface area contributed by atoms with E-state index in [2.05, 4.69) is 0 Å². The molecule has 1 aliphatic carbocycles. The Labute approximate surface area is 85.1 Å². The molecule has 0 amide bonds. The van der Waals surface area contributed by atoms with Crippen LogP contribution >= 0.6 is 0 Å². The van der Waals surface area contributed by atoms with Gasteiger partial charge in [0.15, 0.2) is 0 Å². The molecule has 2 N–H and O–H groups in total. The van der Waals surface area contributed by atoms with Crippen LogP contribution in [0.25, 0.3) is 0 Å². The zero-order valence-corrected chi connectivity index (χ0v) is 8.61. The van der Waals surface area contributed by atoms with Crippen LogP contribution in [-0.4, -0.2) is 36.1 Å². The number of rotatable bonds is 4. The van der Waals surface area contributed by atoms with E-state index in [0.29, 0.717) is 5.92 Å². The summed E-state index contributed by atoms with van der Waals surface area (Å²) in [6.07, 6.45) is 6.16. The normalized spacial score (nSPS) is 29.1. The Morgan fingerprint density at radius 3 is 2.07 bits per heavy atom. The first-order valence-corrected chi connectivity index (χ1v) is 5.67. The van der Waals surface area contributed by atoms with Crippen LogP contribution in [0.4, 0.5) is 0 Å². The molecule has 0 spiro atoms. The predicted molar refractivity (Wildman–Crippen MR) is 52.9 cm³/mol. The zero-order valence-electron chi connectivity index (χ0n) is 8.61. The Kier molecular flexibility index (Phi) is 3.10. The first-order chi connectivity index (χ1) is 6.83. The van der Waals surface area contributed by atoms with Gasteiger partial charge in [-0.05, 0) is 18.8 Å². The Balaban J connectivity index is 2.06. The standard InChI is InChI=1S/C11H20O3/c12-7-11(8-13,10-6-14-10)9-4-2-1-3-5-9/h9-10,12-13H,1-8H2. The summed E-state index contributed by atoms with van der Waals surface area (Å²) < 4.78 is 5.29. The number of aliphatic hydroxyl groups is 2. The zero-order chi connectivity index (χ0) is 10.0. The van der Waals surface area contributed by atoms with Crippen molar-refractivity contribution < 1.29 is 14.9 Å². The molecule has 2 aliphatic rings. The third-order valence-electron chi connectivity index (χ3n) is 3.98. The monoisotopic (exact) mass is 200 g/mol. The predicted octanol–water partition coefficient (Wildman–Crippen LogP) is 0.936. The minimum atomic E-state index is -0.347. The van der Waals surface area contributed by atoms with Crippen LogP contribution in [0.3, 0.4) is 0 Å². The van der Waals surface area contributed by atoms with Gasteiger partial charge in [0.05, 0.1) is 25.9 Å². The number of epoxide rings is 1. The van der Waals surface area contributed by atoms with E-state index in [1.807, 2.05) is 0 Å². The van der Waals surface area contributed by atoms with Crippen LogP contribution in [0.1, 0.15) is 32.1 Å². The molecule has 1 unspecified atom stereocenters. The molecule has 2 rings (SSSR count). The highest BCUT2D eigenvalue weighted by Crippen LogP contribution is 2.45. The highest BCUT2D eigenvalue weighted by Gasteiger charge is 2.51. The molecular formula is C11H20O3. The van der Waals surface area contributed by atoms with Gasteiger partial charge in [0.25, 0.3) is 0 Å². The van der Waals surface area contributed by atoms with Gasteiger partial charge in [-0.15, -0.1) is 0 Å². The molecule has 1 saturated carbocycles. The van der Waals surface area contributed by atoms with E-state index < -0.39 is 0 Å². The topological polar surface area (TPSA) is 53.0 Å². The second-order valence-electron chi connectivity index (χ2n) is 4.71. The number of hydrogen-bond donors (Lipinski definition) is 2. The maximum absolute atomic E-state index is 9.50. The van der Waals surface area contributed by atoms with Gasteiger partial charge in [0.2, 0.25) is 0 Å². The van der Waals surface area contributed by atoms with E-state index in [1.54, 1.807) is 0 Å². The van der Waals surface area contributed by atoms with Crippen molar-refractivity contribution in [1.29, 1.82) is 0 Å². The quantitative estimate of drug-likeness (QED) is 0.664. The Bertz CT molecular complexity index is 179. The van der Waals surface area contributed by atoms with Crippen LogP contribution in [-0.2, 0) is 4.74 Å². The molecule has 0 radical (unpaired) electrons. The molecule has 0 aromatic heterocycles. The van der Waals surface area contributed by atoms with Crippen LogP contribution < -0.4 is 0 Å². The van der Waals surface area contributed by atoms with Crippen LogP contribution in [0.5, 0.6) is 0 Å². The van der Waals surface area contributed by atoms with Crippen molar-refractivity contribution in [3.8, 4) is 0 Å². The molecular weight excluding hydrogens is 180 g/mol. The van der Waals surface area contributed by atoms with Crippen LogP contribution in [0.15, 0.2) is 0 Å². The molecule has 1 heterocycles. The highest BCUT2D eigenvalue weighted by molar-refractivity contribution is 4.98. The van der Waals surface area contributed by atoms with E-state index in [0.717, 1.165) is 19.4 Å². The lowest BCUT2D eigenvalue weighted by atomic mass is 9.67. The minimum absolute atomic E-state index is 0.0683. The molecule has 0 bridgehead atoms. The lowest BCUT2D eigenvalue weighted by molar-refractivity contribution is -0.0310. The lowest BCUT2D eigenvalue weighted by Gasteiger charge is -2.39. The Morgan fingerprint density at radius 1 is 1.07 bits per heavy atom. The Hall–Kier alpha value is -0.120.